The van der Waals surface area contributed by atoms with Crippen LogP contribution in [0.4, 0.5) is 0 Å². The molecule has 148 valence electrons. The molecule has 0 spiro atoms. The lowest BCUT2D eigenvalue weighted by Crippen LogP contribution is -2.31. The lowest BCUT2D eigenvalue weighted by molar-refractivity contribution is 0.0914. The highest BCUT2D eigenvalue weighted by Gasteiger charge is 2.25. The van der Waals surface area contributed by atoms with Crippen LogP contribution >= 0.6 is 11.6 Å². The number of ether oxygens (including phenoxy) is 1. The van der Waals surface area contributed by atoms with E-state index >= 15 is 0 Å². The number of aromatic nitrogens is 2. The maximum Gasteiger partial charge on any atom is 0.288 e. The highest BCUT2D eigenvalue weighted by Crippen LogP contribution is 2.31. The van der Waals surface area contributed by atoms with Gasteiger partial charge in [-0.25, -0.2) is 4.98 Å². The second-order valence-electron chi connectivity index (χ2n) is 6.75. The van der Waals surface area contributed by atoms with Gasteiger partial charge in [0, 0.05) is 30.4 Å². The fourth-order valence-electron chi connectivity index (χ4n) is 3.37. The number of para-hydroxylation sites is 1. The van der Waals surface area contributed by atoms with Crippen LogP contribution in [0.5, 0.6) is 5.75 Å². The van der Waals surface area contributed by atoms with E-state index < -0.39 is 6.04 Å². The third kappa shape index (κ3) is 3.47. The number of hydrogen-bond acceptors (Lipinski definition) is 4. The molecular formula is C22H20ClN3O3. The quantitative estimate of drug-likeness (QED) is 0.520. The molecule has 0 aliphatic carbocycles. The number of carbonyl (C=O) groups is 1. The van der Waals surface area contributed by atoms with Crippen molar-refractivity contribution in [2.75, 3.05) is 7.11 Å². The molecule has 6 nitrogen and oxygen atoms in total. The van der Waals surface area contributed by atoms with Gasteiger partial charge in [-0.2, -0.15) is 0 Å². The summed E-state index contributed by atoms with van der Waals surface area (Å²) in [6.45, 7) is 1.85. The Morgan fingerprint density at radius 3 is 2.62 bits per heavy atom. The first-order valence-electron chi connectivity index (χ1n) is 9.09. The lowest BCUT2D eigenvalue weighted by atomic mass is 10.1. The van der Waals surface area contributed by atoms with Crippen LogP contribution in [0.3, 0.4) is 0 Å². The second-order valence-corrected chi connectivity index (χ2v) is 7.16. The number of imidazole rings is 1. The summed E-state index contributed by atoms with van der Waals surface area (Å²) in [5.74, 6) is 1.34. The number of furan rings is 1. The number of fused-ring (bicyclic) bond motifs is 1. The number of nitrogens with zero attached hydrogens (tertiary/aromatic N) is 2. The number of aryl methyl sites for hydroxylation is 2. The Hall–Kier alpha value is -3.25. The first-order chi connectivity index (χ1) is 14.0. The van der Waals surface area contributed by atoms with Gasteiger partial charge in [0.2, 0.25) is 0 Å². The van der Waals surface area contributed by atoms with Gasteiger partial charge < -0.3 is 19.0 Å². The van der Waals surface area contributed by atoms with Crippen molar-refractivity contribution in [3.63, 3.8) is 0 Å². The molecule has 0 aliphatic rings. The minimum Gasteiger partial charge on any atom is -0.497 e. The maximum atomic E-state index is 13.2. The van der Waals surface area contributed by atoms with Gasteiger partial charge in [0.1, 0.15) is 17.6 Å². The van der Waals surface area contributed by atoms with Crippen LogP contribution < -0.4 is 10.1 Å². The van der Waals surface area contributed by atoms with Gasteiger partial charge in [0.05, 0.1) is 12.1 Å². The SMILES string of the molecule is COc1ccc(C(NC(=O)c2oc3c(Cl)cccc3c2C)c2nccn2C)cc1. The van der Waals surface area contributed by atoms with Crippen molar-refractivity contribution < 1.29 is 13.9 Å². The molecule has 0 saturated heterocycles. The normalized spacial score (nSPS) is 12.1. The molecular weight excluding hydrogens is 390 g/mol. The van der Waals surface area contributed by atoms with Crippen molar-refractivity contribution in [2.24, 2.45) is 7.05 Å². The van der Waals surface area contributed by atoms with Crippen molar-refractivity contribution in [3.05, 3.63) is 82.6 Å². The number of methoxy groups -OCH3 is 1. The summed E-state index contributed by atoms with van der Waals surface area (Å²) in [7, 11) is 3.50. The first-order valence-corrected chi connectivity index (χ1v) is 9.47. The average molecular weight is 410 g/mol. The van der Waals surface area contributed by atoms with Gasteiger partial charge in [-0.3, -0.25) is 4.79 Å². The van der Waals surface area contributed by atoms with Crippen LogP contribution in [0.1, 0.15) is 33.5 Å². The number of carbonyl (C=O) groups excluding carboxylic acids is 1. The van der Waals surface area contributed by atoms with Gasteiger partial charge in [0.25, 0.3) is 5.91 Å². The number of amides is 1. The monoisotopic (exact) mass is 409 g/mol. The summed E-state index contributed by atoms with van der Waals surface area (Å²) in [5, 5.41) is 4.34. The van der Waals surface area contributed by atoms with Crippen molar-refractivity contribution in [2.45, 2.75) is 13.0 Å². The van der Waals surface area contributed by atoms with Gasteiger partial charge >= 0.3 is 0 Å². The Bertz CT molecular complexity index is 1180. The lowest BCUT2D eigenvalue weighted by Gasteiger charge is -2.19. The molecule has 2 aromatic carbocycles. The summed E-state index contributed by atoms with van der Waals surface area (Å²) in [6, 6.07) is 12.5. The van der Waals surface area contributed by atoms with Crippen LogP contribution in [0.25, 0.3) is 11.0 Å². The van der Waals surface area contributed by atoms with E-state index in [1.54, 1.807) is 19.4 Å². The fraction of sp³-hybridized carbons (Fsp3) is 0.182. The van der Waals surface area contributed by atoms with Gasteiger partial charge in [-0.1, -0.05) is 35.9 Å². The van der Waals surface area contributed by atoms with Gasteiger partial charge in [0.15, 0.2) is 11.3 Å². The Balaban J connectivity index is 1.73. The van der Waals surface area contributed by atoms with Crippen molar-refractivity contribution >= 4 is 28.5 Å². The standard InChI is InChI=1S/C22H20ClN3O3/c1-13-16-5-4-6-17(23)20(16)29-19(13)22(27)25-18(21-24-11-12-26(21)2)14-7-9-15(28-3)10-8-14/h4-12,18H,1-3H3,(H,25,27). The van der Waals surface area contributed by atoms with Crippen molar-refractivity contribution in [1.29, 1.82) is 0 Å². The van der Waals surface area contributed by atoms with E-state index in [1.807, 2.05) is 61.1 Å². The fourth-order valence-corrected chi connectivity index (χ4v) is 3.58. The molecule has 2 aromatic heterocycles. The van der Waals surface area contributed by atoms with Crippen LogP contribution in [-0.2, 0) is 7.05 Å². The number of nitrogens with one attached hydrogen (secondary N) is 1. The van der Waals surface area contributed by atoms with Crippen LogP contribution in [0.2, 0.25) is 5.02 Å². The molecule has 0 fully saturated rings. The van der Waals surface area contributed by atoms with E-state index in [-0.39, 0.29) is 11.7 Å². The summed E-state index contributed by atoms with van der Waals surface area (Å²) in [5.41, 5.74) is 2.13. The predicted molar refractivity (Wildman–Crippen MR) is 111 cm³/mol. The molecule has 1 N–H and O–H groups in total. The Morgan fingerprint density at radius 2 is 2.00 bits per heavy atom. The molecule has 0 bridgehead atoms. The third-order valence-electron chi connectivity index (χ3n) is 4.96. The molecule has 0 saturated carbocycles. The summed E-state index contributed by atoms with van der Waals surface area (Å²) < 4.78 is 12.9. The summed E-state index contributed by atoms with van der Waals surface area (Å²) in [6.07, 6.45) is 3.54. The molecule has 0 aliphatic heterocycles. The molecule has 7 heteroatoms. The molecule has 29 heavy (non-hydrogen) atoms. The number of rotatable bonds is 5. The maximum absolute atomic E-state index is 13.2. The van der Waals surface area contributed by atoms with Gasteiger partial charge in [-0.05, 0) is 30.7 Å². The molecule has 1 atom stereocenters. The Labute approximate surface area is 173 Å². The first kappa shape index (κ1) is 19.1. The Kier molecular flexibility index (Phi) is 5.03. The van der Waals surface area contributed by atoms with Crippen LogP contribution in [0, 0.1) is 6.92 Å². The smallest absolute Gasteiger partial charge is 0.288 e. The third-order valence-corrected chi connectivity index (χ3v) is 5.26. The zero-order valence-corrected chi connectivity index (χ0v) is 17.0. The molecule has 1 amide bonds. The van der Waals surface area contributed by atoms with E-state index in [9.17, 15) is 4.79 Å². The molecule has 4 rings (SSSR count). The Morgan fingerprint density at radius 1 is 1.24 bits per heavy atom. The predicted octanol–water partition coefficient (Wildman–Crippen LogP) is 4.66. The minimum absolute atomic E-state index is 0.237. The molecule has 1 unspecified atom stereocenters. The minimum atomic E-state index is -0.462. The molecule has 2 heterocycles. The summed E-state index contributed by atoms with van der Waals surface area (Å²) in [4.78, 5) is 17.6. The second kappa shape index (κ2) is 7.64. The van der Waals surface area contributed by atoms with E-state index in [1.165, 1.54) is 0 Å². The molecule has 0 radical (unpaired) electrons. The number of hydrogen-bond donors (Lipinski definition) is 1. The number of halogens is 1. The van der Waals surface area contributed by atoms with Crippen LogP contribution in [0.15, 0.2) is 59.3 Å². The van der Waals surface area contributed by atoms with Crippen molar-refractivity contribution in [1.82, 2.24) is 14.9 Å². The highest BCUT2D eigenvalue weighted by atomic mass is 35.5. The zero-order chi connectivity index (χ0) is 20.5. The molecule has 4 aromatic rings. The number of benzene rings is 2. The van der Waals surface area contributed by atoms with E-state index in [4.69, 9.17) is 20.8 Å². The van der Waals surface area contributed by atoms with E-state index in [0.717, 1.165) is 22.3 Å². The van der Waals surface area contributed by atoms with E-state index in [2.05, 4.69) is 10.3 Å². The van der Waals surface area contributed by atoms with E-state index in [0.29, 0.717) is 16.4 Å². The topological polar surface area (TPSA) is 69.3 Å². The van der Waals surface area contributed by atoms with Crippen LogP contribution in [-0.4, -0.2) is 22.6 Å². The largest absolute Gasteiger partial charge is 0.497 e. The van der Waals surface area contributed by atoms with Crippen molar-refractivity contribution in [3.8, 4) is 5.75 Å². The summed E-state index contributed by atoms with van der Waals surface area (Å²) >= 11 is 6.23. The average Bonchev–Trinajstić information content (AvgIpc) is 3.30. The highest BCUT2D eigenvalue weighted by molar-refractivity contribution is 6.35. The van der Waals surface area contributed by atoms with Gasteiger partial charge in [-0.15, -0.1) is 0 Å². The zero-order valence-electron chi connectivity index (χ0n) is 16.3.